The number of aromatic nitrogens is 3. The molecular formula is C16H12Cl2N4O2. The highest BCUT2D eigenvalue weighted by molar-refractivity contribution is 6.42. The number of nitrogens with two attached hydrogens (primary N) is 1. The van der Waals surface area contributed by atoms with E-state index in [0.717, 1.165) is 5.56 Å². The summed E-state index contributed by atoms with van der Waals surface area (Å²) < 4.78 is 1.49. The van der Waals surface area contributed by atoms with E-state index in [-0.39, 0.29) is 16.3 Å². The fraction of sp³-hybridized carbons (Fsp3) is 0.0625. The van der Waals surface area contributed by atoms with Crippen LogP contribution in [-0.2, 0) is 0 Å². The van der Waals surface area contributed by atoms with Crippen LogP contribution < -0.4 is 5.73 Å². The number of rotatable bonds is 4. The third-order valence-electron chi connectivity index (χ3n) is 3.56. The van der Waals surface area contributed by atoms with Gasteiger partial charge in [0.1, 0.15) is 11.8 Å². The Hall–Kier alpha value is -2.57. The number of aromatic hydroxyl groups is 1. The molecule has 2 aromatic heterocycles. The van der Waals surface area contributed by atoms with Crippen LogP contribution in [0.3, 0.4) is 0 Å². The van der Waals surface area contributed by atoms with Crippen molar-refractivity contribution in [2.75, 3.05) is 0 Å². The summed E-state index contributed by atoms with van der Waals surface area (Å²) in [6.07, 6.45) is 6.06. The molecule has 3 rings (SSSR count). The Morgan fingerprint density at radius 3 is 2.54 bits per heavy atom. The highest BCUT2D eigenvalue weighted by atomic mass is 35.5. The maximum absolute atomic E-state index is 11.4. The minimum atomic E-state index is -0.604. The molecule has 1 aromatic carbocycles. The van der Waals surface area contributed by atoms with Gasteiger partial charge in [-0.05, 0) is 29.8 Å². The highest BCUT2D eigenvalue weighted by Crippen LogP contribution is 2.40. The van der Waals surface area contributed by atoms with Crippen molar-refractivity contribution < 1.29 is 9.90 Å². The number of phenols is 1. The smallest absolute Gasteiger partial charge is 0.251 e. The number of benzene rings is 1. The van der Waals surface area contributed by atoms with Crippen molar-refractivity contribution in [2.45, 2.75) is 6.04 Å². The predicted octanol–water partition coefficient (Wildman–Crippen LogP) is 3.03. The van der Waals surface area contributed by atoms with Crippen LogP contribution >= 0.6 is 23.2 Å². The zero-order valence-corrected chi connectivity index (χ0v) is 13.7. The summed E-state index contributed by atoms with van der Waals surface area (Å²) >= 11 is 12.4. The van der Waals surface area contributed by atoms with Gasteiger partial charge in [0.05, 0.1) is 21.8 Å². The average Bonchev–Trinajstić information content (AvgIpc) is 3.06. The van der Waals surface area contributed by atoms with Gasteiger partial charge in [0.25, 0.3) is 5.91 Å². The van der Waals surface area contributed by atoms with Gasteiger partial charge in [0.15, 0.2) is 0 Å². The molecule has 2 heterocycles. The number of pyridine rings is 1. The van der Waals surface area contributed by atoms with Crippen LogP contribution in [0, 0.1) is 0 Å². The first kappa shape index (κ1) is 16.3. The van der Waals surface area contributed by atoms with Crippen LogP contribution in [0.25, 0.3) is 0 Å². The Labute approximate surface area is 147 Å². The van der Waals surface area contributed by atoms with Gasteiger partial charge in [0, 0.05) is 24.2 Å². The quantitative estimate of drug-likeness (QED) is 0.745. The van der Waals surface area contributed by atoms with Crippen molar-refractivity contribution in [1.82, 2.24) is 14.8 Å². The summed E-state index contributed by atoms with van der Waals surface area (Å²) in [6.45, 7) is 0. The summed E-state index contributed by atoms with van der Waals surface area (Å²) in [4.78, 5) is 15.3. The molecule has 24 heavy (non-hydrogen) atoms. The van der Waals surface area contributed by atoms with E-state index in [1.807, 2.05) is 0 Å². The van der Waals surface area contributed by atoms with Crippen molar-refractivity contribution in [3.63, 3.8) is 0 Å². The van der Waals surface area contributed by atoms with E-state index >= 15 is 0 Å². The van der Waals surface area contributed by atoms with Crippen LogP contribution in [0.4, 0.5) is 0 Å². The average molecular weight is 363 g/mol. The van der Waals surface area contributed by atoms with E-state index in [0.29, 0.717) is 10.6 Å². The lowest BCUT2D eigenvalue weighted by molar-refractivity contribution is 0.1000. The monoisotopic (exact) mass is 362 g/mol. The van der Waals surface area contributed by atoms with E-state index in [4.69, 9.17) is 28.9 Å². The van der Waals surface area contributed by atoms with Crippen molar-refractivity contribution in [1.29, 1.82) is 0 Å². The van der Waals surface area contributed by atoms with Crippen molar-refractivity contribution >= 4 is 29.1 Å². The number of halogens is 2. The van der Waals surface area contributed by atoms with E-state index in [1.165, 1.54) is 29.2 Å². The molecule has 0 fully saturated rings. The van der Waals surface area contributed by atoms with Gasteiger partial charge in [-0.1, -0.05) is 23.2 Å². The Morgan fingerprint density at radius 1 is 1.21 bits per heavy atom. The third kappa shape index (κ3) is 2.93. The van der Waals surface area contributed by atoms with Gasteiger partial charge >= 0.3 is 0 Å². The summed E-state index contributed by atoms with van der Waals surface area (Å²) in [5.74, 6) is -0.640. The van der Waals surface area contributed by atoms with Gasteiger partial charge in [-0.2, -0.15) is 5.10 Å². The number of primary amides is 1. The molecule has 1 unspecified atom stereocenters. The Kier molecular flexibility index (Phi) is 4.42. The van der Waals surface area contributed by atoms with E-state index in [9.17, 15) is 9.90 Å². The van der Waals surface area contributed by atoms with Gasteiger partial charge < -0.3 is 10.8 Å². The molecule has 6 nitrogen and oxygen atoms in total. The number of carbonyl (C=O) groups is 1. The normalized spacial score (nSPS) is 12.1. The van der Waals surface area contributed by atoms with Crippen LogP contribution in [0.5, 0.6) is 5.75 Å². The van der Waals surface area contributed by atoms with Crippen LogP contribution in [0.1, 0.15) is 27.5 Å². The van der Waals surface area contributed by atoms with Crippen LogP contribution in [-0.4, -0.2) is 25.8 Å². The summed E-state index contributed by atoms with van der Waals surface area (Å²) in [5.41, 5.74) is 6.66. The molecule has 122 valence electrons. The predicted molar refractivity (Wildman–Crippen MR) is 90.3 cm³/mol. The minimum absolute atomic E-state index is 0.0395. The van der Waals surface area contributed by atoms with Gasteiger partial charge in [-0.15, -0.1) is 0 Å². The van der Waals surface area contributed by atoms with Gasteiger partial charge in [-0.25, -0.2) is 0 Å². The molecule has 3 N–H and O–H groups in total. The fourth-order valence-corrected chi connectivity index (χ4v) is 2.85. The lowest BCUT2D eigenvalue weighted by Gasteiger charge is -2.21. The minimum Gasteiger partial charge on any atom is -0.508 e. The molecule has 1 amide bonds. The maximum atomic E-state index is 11.4. The second-order valence-corrected chi connectivity index (χ2v) is 5.84. The maximum Gasteiger partial charge on any atom is 0.251 e. The Balaban J connectivity index is 2.24. The molecule has 8 heteroatoms. The zero-order valence-electron chi connectivity index (χ0n) is 12.2. The molecule has 0 saturated carbocycles. The first-order valence-corrected chi connectivity index (χ1v) is 7.65. The number of hydrogen-bond acceptors (Lipinski definition) is 4. The largest absolute Gasteiger partial charge is 0.508 e. The molecule has 0 aliphatic heterocycles. The summed E-state index contributed by atoms with van der Waals surface area (Å²) in [7, 11) is 0. The number of nitrogens with zero attached hydrogens (tertiary/aromatic N) is 3. The number of phenolic OH excluding ortho intramolecular Hbond substituents is 1. The second kappa shape index (κ2) is 6.51. The van der Waals surface area contributed by atoms with Gasteiger partial charge in [0.2, 0.25) is 0 Å². The third-order valence-corrected chi connectivity index (χ3v) is 4.37. The molecule has 0 aliphatic rings. The van der Waals surface area contributed by atoms with Crippen molar-refractivity contribution in [3.8, 4) is 5.75 Å². The van der Waals surface area contributed by atoms with E-state index in [1.54, 1.807) is 24.5 Å². The molecule has 0 radical (unpaired) electrons. The highest BCUT2D eigenvalue weighted by Gasteiger charge is 2.25. The van der Waals surface area contributed by atoms with E-state index in [2.05, 4.69) is 10.1 Å². The van der Waals surface area contributed by atoms with Crippen LogP contribution in [0.15, 0.2) is 49.1 Å². The molecule has 1 atom stereocenters. The SMILES string of the molecule is NC(=O)c1cnn(C(c2ccncc2)c2c(O)ccc(Cl)c2Cl)c1. The number of hydrogen-bond donors (Lipinski definition) is 2. The standard InChI is InChI=1S/C16H12Cl2N4O2/c17-11-1-2-12(23)13(14(11)18)15(9-3-5-20-6-4-9)22-8-10(7-21-22)16(19)24/h1-8,15,23H,(H2,19,24). The van der Waals surface area contributed by atoms with Gasteiger partial charge in [-0.3, -0.25) is 14.5 Å². The van der Waals surface area contributed by atoms with Crippen molar-refractivity contribution in [3.05, 3.63) is 75.8 Å². The molecule has 0 spiro atoms. The molecule has 0 saturated heterocycles. The molecule has 0 bridgehead atoms. The zero-order chi connectivity index (χ0) is 17.3. The first-order chi connectivity index (χ1) is 11.5. The lowest BCUT2D eigenvalue weighted by atomic mass is 9.98. The second-order valence-electron chi connectivity index (χ2n) is 5.05. The fourth-order valence-electron chi connectivity index (χ4n) is 2.42. The number of carbonyl (C=O) groups excluding carboxylic acids is 1. The Bertz CT molecular complexity index is 896. The van der Waals surface area contributed by atoms with E-state index < -0.39 is 11.9 Å². The van der Waals surface area contributed by atoms with Crippen molar-refractivity contribution in [2.24, 2.45) is 5.73 Å². The van der Waals surface area contributed by atoms with Crippen LogP contribution in [0.2, 0.25) is 10.0 Å². The molecule has 0 aliphatic carbocycles. The Morgan fingerprint density at radius 2 is 1.92 bits per heavy atom. The topological polar surface area (TPSA) is 94.0 Å². The molecule has 3 aromatic rings. The first-order valence-electron chi connectivity index (χ1n) is 6.89. The summed E-state index contributed by atoms with van der Waals surface area (Å²) in [5, 5.41) is 15.0. The molecular weight excluding hydrogens is 351 g/mol. The number of amides is 1. The summed E-state index contributed by atoms with van der Waals surface area (Å²) in [6, 6.07) is 5.87. The lowest BCUT2D eigenvalue weighted by Crippen LogP contribution is -2.15.